The summed E-state index contributed by atoms with van der Waals surface area (Å²) in [6.45, 7) is 0.681. The van der Waals surface area contributed by atoms with E-state index in [1.807, 2.05) is 0 Å². The highest BCUT2D eigenvalue weighted by atomic mass is 32.2. The number of thioether (sulfide) groups is 1. The van der Waals surface area contributed by atoms with Gasteiger partial charge in [-0.25, -0.2) is 4.98 Å². The second-order valence-electron chi connectivity index (χ2n) is 4.41. The molecule has 3 N–H and O–H groups in total. The van der Waals surface area contributed by atoms with Crippen molar-refractivity contribution in [3.8, 4) is 0 Å². The first-order valence-corrected chi connectivity index (χ1v) is 7.20. The lowest BCUT2D eigenvalue weighted by Gasteiger charge is -2.18. The number of pyridine rings is 1. The zero-order valence-electron chi connectivity index (χ0n) is 10.7. The van der Waals surface area contributed by atoms with Gasteiger partial charge >= 0.3 is 0 Å². The number of ether oxygens (including phenoxy) is 1. The third-order valence-corrected chi connectivity index (χ3v) is 4.04. The predicted octanol–water partition coefficient (Wildman–Crippen LogP) is 1.98. The average Bonchev–Trinajstić information content (AvgIpc) is 2.38. The second-order valence-corrected chi connectivity index (χ2v) is 5.49. The number of aromatic nitrogens is 1. The zero-order chi connectivity index (χ0) is 13.0. The fourth-order valence-electron chi connectivity index (χ4n) is 2.14. The molecular formula is C13H19N3OS. The number of hydrogen-bond acceptors (Lipinski definition) is 4. The molecule has 0 bridgehead atoms. The van der Waals surface area contributed by atoms with Gasteiger partial charge in [0.2, 0.25) is 0 Å². The molecule has 0 atom stereocenters. The van der Waals surface area contributed by atoms with Crippen LogP contribution >= 0.6 is 11.8 Å². The van der Waals surface area contributed by atoms with Crippen molar-refractivity contribution in [1.82, 2.24) is 4.98 Å². The van der Waals surface area contributed by atoms with E-state index >= 15 is 0 Å². The van der Waals surface area contributed by atoms with Gasteiger partial charge in [-0.05, 0) is 37.3 Å². The molecule has 18 heavy (non-hydrogen) atoms. The number of nitrogens with one attached hydrogen (secondary N) is 1. The van der Waals surface area contributed by atoms with Gasteiger partial charge in [-0.2, -0.15) is 0 Å². The summed E-state index contributed by atoms with van der Waals surface area (Å²) in [4.78, 5) is 4.69. The van der Waals surface area contributed by atoms with Crippen LogP contribution in [0.25, 0.3) is 0 Å². The van der Waals surface area contributed by atoms with E-state index < -0.39 is 0 Å². The average molecular weight is 265 g/mol. The molecule has 0 saturated heterocycles. The maximum absolute atomic E-state index is 7.67. The Morgan fingerprint density at radius 1 is 1.50 bits per heavy atom. The summed E-state index contributed by atoms with van der Waals surface area (Å²) in [6.07, 6.45) is 4.53. The maximum Gasteiger partial charge on any atom is 0.125 e. The Labute approximate surface area is 112 Å². The second kappa shape index (κ2) is 6.20. The summed E-state index contributed by atoms with van der Waals surface area (Å²) in [7, 11) is 1.69. The first-order valence-electron chi connectivity index (χ1n) is 6.21. The first-order chi connectivity index (χ1) is 8.72. The Bertz CT molecular complexity index is 448. The van der Waals surface area contributed by atoms with Gasteiger partial charge in [-0.3, -0.25) is 5.41 Å². The fraction of sp³-hybridized carbons (Fsp3) is 0.538. The van der Waals surface area contributed by atoms with Crippen LogP contribution in [0.3, 0.4) is 0 Å². The Hall–Kier alpha value is -1.07. The lowest BCUT2D eigenvalue weighted by atomic mass is 9.95. The first kappa shape index (κ1) is 13.4. The van der Waals surface area contributed by atoms with Gasteiger partial charge < -0.3 is 10.5 Å². The minimum Gasteiger partial charge on any atom is -0.384 e. The highest BCUT2D eigenvalue weighted by Crippen LogP contribution is 2.27. The van der Waals surface area contributed by atoms with Gasteiger partial charge in [0.15, 0.2) is 0 Å². The number of amidine groups is 1. The number of hydrogen-bond donors (Lipinski definition) is 2. The zero-order valence-corrected chi connectivity index (χ0v) is 11.5. The summed E-state index contributed by atoms with van der Waals surface area (Å²) < 4.78 is 5.04. The van der Waals surface area contributed by atoms with Gasteiger partial charge in [-0.15, -0.1) is 11.8 Å². The predicted molar refractivity (Wildman–Crippen MR) is 74.5 cm³/mol. The van der Waals surface area contributed by atoms with E-state index in [0.29, 0.717) is 6.61 Å². The summed E-state index contributed by atoms with van der Waals surface area (Å²) in [5.74, 6) is 0.943. The van der Waals surface area contributed by atoms with Gasteiger partial charge in [0.05, 0.1) is 6.61 Å². The standard InChI is InChI=1S/C13H19N3OS/c1-17-6-7-18-13-10(12(14)15)8-9-4-2-3-5-11(9)16-13/h8H,2-7H2,1H3,(H3,14,15). The maximum atomic E-state index is 7.67. The number of methoxy groups -OCH3 is 1. The molecule has 0 unspecified atom stereocenters. The van der Waals surface area contributed by atoms with Crippen molar-refractivity contribution in [2.75, 3.05) is 19.5 Å². The van der Waals surface area contributed by atoms with E-state index in [1.165, 1.54) is 24.1 Å². The number of nitrogen functional groups attached to an aromatic ring is 1. The number of fused-ring (bicyclic) bond motifs is 1. The topological polar surface area (TPSA) is 72.0 Å². The minimum absolute atomic E-state index is 0.107. The van der Waals surface area contributed by atoms with Crippen molar-refractivity contribution >= 4 is 17.6 Å². The number of rotatable bonds is 5. The van der Waals surface area contributed by atoms with Crippen molar-refractivity contribution in [2.24, 2.45) is 5.73 Å². The summed E-state index contributed by atoms with van der Waals surface area (Å²) >= 11 is 1.62. The molecule has 0 spiro atoms. The van der Waals surface area contributed by atoms with Crippen LogP contribution in [0.2, 0.25) is 0 Å². The SMILES string of the molecule is COCCSc1nc2c(cc1C(=N)N)CCCC2. The van der Waals surface area contributed by atoms with Crippen LogP contribution in [-0.2, 0) is 17.6 Å². The monoisotopic (exact) mass is 265 g/mol. The normalized spacial score (nSPS) is 14.3. The molecule has 0 fully saturated rings. The Kier molecular flexibility index (Phi) is 4.60. The van der Waals surface area contributed by atoms with E-state index in [9.17, 15) is 0 Å². The van der Waals surface area contributed by atoms with E-state index in [4.69, 9.17) is 20.9 Å². The van der Waals surface area contributed by atoms with E-state index in [-0.39, 0.29) is 5.84 Å². The van der Waals surface area contributed by atoms with Crippen molar-refractivity contribution in [3.63, 3.8) is 0 Å². The van der Waals surface area contributed by atoms with Gasteiger partial charge in [0.25, 0.3) is 0 Å². The largest absolute Gasteiger partial charge is 0.384 e. The van der Waals surface area contributed by atoms with E-state index in [0.717, 1.165) is 29.2 Å². The molecular weight excluding hydrogens is 246 g/mol. The van der Waals surface area contributed by atoms with Crippen molar-refractivity contribution in [1.29, 1.82) is 5.41 Å². The quantitative estimate of drug-likeness (QED) is 0.369. The number of aryl methyl sites for hydroxylation is 2. The van der Waals surface area contributed by atoms with Crippen LogP contribution in [0.5, 0.6) is 0 Å². The third kappa shape index (κ3) is 3.03. The smallest absolute Gasteiger partial charge is 0.125 e. The molecule has 0 saturated carbocycles. The summed E-state index contributed by atoms with van der Waals surface area (Å²) in [5.41, 5.74) is 8.88. The molecule has 1 aromatic heterocycles. The Morgan fingerprint density at radius 2 is 2.28 bits per heavy atom. The van der Waals surface area contributed by atoms with Crippen molar-refractivity contribution in [2.45, 2.75) is 30.7 Å². The molecule has 4 nitrogen and oxygen atoms in total. The molecule has 1 aromatic rings. The molecule has 0 radical (unpaired) electrons. The lowest BCUT2D eigenvalue weighted by molar-refractivity contribution is 0.218. The van der Waals surface area contributed by atoms with E-state index in [1.54, 1.807) is 18.9 Å². The van der Waals surface area contributed by atoms with Crippen molar-refractivity contribution in [3.05, 3.63) is 22.9 Å². The number of nitrogens with two attached hydrogens (primary N) is 1. The molecule has 1 heterocycles. The molecule has 5 heteroatoms. The van der Waals surface area contributed by atoms with Crippen LogP contribution in [0.15, 0.2) is 11.1 Å². The van der Waals surface area contributed by atoms with Gasteiger partial charge in [0.1, 0.15) is 10.9 Å². The molecule has 98 valence electrons. The lowest BCUT2D eigenvalue weighted by Crippen LogP contribution is -2.17. The van der Waals surface area contributed by atoms with Gasteiger partial charge in [-0.1, -0.05) is 0 Å². The highest BCUT2D eigenvalue weighted by molar-refractivity contribution is 7.99. The van der Waals surface area contributed by atoms with Crippen LogP contribution in [0.1, 0.15) is 29.7 Å². The molecule has 1 aliphatic rings. The summed E-state index contributed by atoms with van der Waals surface area (Å²) in [5, 5.41) is 8.54. The molecule has 1 aliphatic carbocycles. The van der Waals surface area contributed by atoms with Crippen LogP contribution < -0.4 is 5.73 Å². The van der Waals surface area contributed by atoms with E-state index in [2.05, 4.69) is 6.07 Å². The third-order valence-electron chi connectivity index (χ3n) is 3.08. The summed E-state index contributed by atoms with van der Waals surface area (Å²) in [6, 6.07) is 2.05. The Morgan fingerprint density at radius 3 is 3.00 bits per heavy atom. The molecule has 0 amide bonds. The number of nitrogens with zero attached hydrogens (tertiary/aromatic N) is 1. The molecule has 0 aliphatic heterocycles. The Balaban J connectivity index is 2.27. The fourth-order valence-corrected chi connectivity index (χ4v) is 3.08. The van der Waals surface area contributed by atoms with Gasteiger partial charge in [0, 0.05) is 24.1 Å². The molecule has 0 aromatic carbocycles. The van der Waals surface area contributed by atoms with Crippen molar-refractivity contribution < 1.29 is 4.74 Å². The van der Waals surface area contributed by atoms with Crippen LogP contribution in [-0.4, -0.2) is 30.3 Å². The molecule has 2 rings (SSSR count). The highest BCUT2D eigenvalue weighted by Gasteiger charge is 2.16. The minimum atomic E-state index is 0.107. The van der Waals surface area contributed by atoms with Crippen LogP contribution in [0.4, 0.5) is 0 Å². The van der Waals surface area contributed by atoms with Crippen LogP contribution in [0, 0.1) is 5.41 Å².